The Kier molecular flexibility index (Phi) is 3.93. The Morgan fingerprint density at radius 1 is 1.11 bits per heavy atom. The molecule has 0 aliphatic carbocycles. The quantitative estimate of drug-likeness (QED) is 0.661. The van der Waals surface area contributed by atoms with E-state index in [2.05, 4.69) is 5.32 Å². The molecule has 0 aromatic heterocycles. The third-order valence-corrected chi connectivity index (χ3v) is 2.76. The molecule has 4 heteroatoms. The topological polar surface area (TPSA) is 55.2 Å². The Labute approximate surface area is 111 Å². The number of allylic oxidation sites excluding steroid dienone is 1. The van der Waals surface area contributed by atoms with E-state index in [1.165, 1.54) is 12.1 Å². The number of nitro groups is 1. The van der Waals surface area contributed by atoms with Gasteiger partial charge in [-0.25, -0.2) is 0 Å². The smallest absolute Gasteiger partial charge is 0.269 e. The summed E-state index contributed by atoms with van der Waals surface area (Å²) in [5, 5.41) is 13.7. The minimum Gasteiger partial charge on any atom is -0.361 e. The van der Waals surface area contributed by atoms with Gasteiger partial charge in [0.15, 0.2) is 0 Å². The molecular weight excluding hydrogens is 240 g/mol. The highest BCUT2D eigenvalue weighted by Crippen LogP contribution is 2.17. The molecule has 1 N–H and O–H groups in total. The van der Waals surface area contributed by atoms with Crippen molar-refractivity contribution >= 4 is 16.9 Å². The zero-order valence-corrected chi connectivity index (χ0v) is 10.5. The highest BCUT2D eigenvalue weighted by Gasteiger charge is 2.02. The van der Waals surface area contributed by atoms with Crippen LogP contribution in [0.2, 0.25) is 0 Å². The van der Waals surface area contributed by atoms with E-state index in [4.69, 9.17) is 0 Å². The number of hydrogen-bond donors (Lipinski definition) is 1. The molecule has 0 amide bonds. The van der Waals surface area contributed by atoms with Gasteiger partial charge in [-0.2, -0.15) is 0 Å². The Balaban J connectivity index is 2.08. The number of benzene rings is 2. The van der Waals surface area contributed by atoms with Gasteiger partial charge in [-0.05, 0) is 30.2 Å². The van der Waals surface area contributed by atoms with Crippen molar-refractivity contribution in [1.82, 2.24) is 0 Å². The summed E-state index contributed by atoms with van der Waals surface area (Å²) in [6.07, 6.45) is 1.89. The van der Waals surface area contributed by atoms with Crippen molar-refractivity contribution in [3.05, 3.63) is 76.5 Å². The third kappa shape index (κ3) is 3.42. The van der Waals surface area contributed by atoms with Gasteiger partial charge in [0.05, 0.1) is 4.92 Å². The van der Waals surface area contributed by atoms with Crippen molar-refractivity contribution in [3.63, 3.8) is 0 Å². The molecule has 2 rings (SSSR count). The molecule has 0 fully saturated rings. The lowest BCUT2D eigenvalue weighted by molar-refractivity contribution is -0.384. The Morgan fingerprint density at radius 2 is 1.74 bits per heavy atom. The van der Waals surface area contributed by atoms with Crippen molar-refractivity contribution in [1.29, 1.82) is 0 Å². The SMILES string of the molecule is CC(=CNc1ccc([N+](=O)[O-])cc1)c1ccccc1. The van der Waals surface area contributed by atoms with Crippen LogP contribution in [0.15, 0.2) is 60.8 Å². The molecule has 0 aliphatic heterocycles. The molecule has 0 spiro atoms. The fourth-order valence-electron chi connectivity index (χ4n) is 1.66. The lowest BCUT2D eigenvalue weighted by Gasteiger charge is -2.04. The second-order valence-electron chi connectivity index (χ2n) is 4.14. The summed E-state index contributed by atoms with van der Waals surface area (Å²) in [5.74, 6) is 0. The summed E-state index contributed by atoms with van der Waals surface area (Å²) in [4.78, 5) is 10.1. The number of nitro benzene ring substituents is 1. The molecule has 0 radical (unpaired) electrons. The minimum absolute atomic E-state index is 0.0920. The summed E-state index contributed by atoms with van der Waals surface area (Å²) < 4.78 is 0. The maximum Gasteiger partial charge on any atom is 0.269 e. The van der Waals surface area contributed by atoms with Crippen LogP contribution in [-0.2, 0) is 0 Å². The monoisotopic (exact) mass is 254 g/mol. The first-order valence-corrected chi connectivity index (χ1v) is 5.90. The van der Waals surface area contributed by atoms with Gasteiger partial charge in [0, 0.05) is 24.0 Å². The molecule has 2 aromatic rings. The molecule has 2 aromatic carbocycles. The molecule has 0 saturated carbocycles. The normalized spacial score (nSPS) is 11.1. The number of non-ortho nitro benzene ring substituents is 1. The van der Waals surface area contributed by atoms with Crippen molar-refractivity contribution in [2.45, 2.75) is 6.92 Å². The summed E-state index contributed by atoms with van der Waals surface area (Å²) in [5.41, 5.74) is 3.14. The van der Waals surface area contributed by atoms with E-state index in [0.29, 0.717) is 0 Å². The highest BCUT2D eigenvalue weighted by molar-refractivity contribution is 5.66. The van der Waals surface area contributed by atoms with E-state index in [1.807, 2.05) is 43.5 Å². The highest BCUT2D eigenvalue weighted by atomic mass is 16.6. The third-order valence-electron chi connectivity index (χ3n) is 2.76. The number of rotatable bonds is 4. The van der Waals surface area contributed by atoms with E-state index < -0.39 is 4.92 Å². The summed E-state index contributed by atoms with van der Waals surface area (Å²) in [7, 11) is 0. The zero-order valence-electron chi connectivity index (χ0n) is 10.5. The van der Waals surface area contributed by atoms with E-state index in [0.717, 1.165) is 16.8 Å². The van der Waals surface area contributed by atoms with Crippen LogP contribution < -0.4 is 5.32 Å². The first-order chi connectivity index (χ1) is 9.16. The molecule has 0 unspecified atom stereocenters. The number of anilines is 1. The Hall–Kier alpha value is -2.62. The fraction of sp³-hybridized carbons (Fsp3) is 0.0667. The van der Waals surface area contributed by atoms with Crippen molar-refractivity contribution in [3.8, 4) is 0 Å². The van der Waals surface area contributed by atoms with Gasteiger partial charge in [0.1, 0.15) is 0 Å². The van der Waals surface area contributed by atoms with Gasteiger partial charge < -0.3 is 5.32 Å². The van der Waals surface area contributed by atoms with Crippen molar-refractivity contribution < 1.29 is 4.92 Å². The van der Waals surface area contributed by atoms with Gasteiger partial charge in [-0.15, -0.1) is 0 Å². The van der Waals surface area contributed by atoms with E-state index in [9.17, 15) is 10.1 Å². The molecule has 96 valence electrons. The largest absolute Gasteiger partial charge is 0.361 e. The van der Waals surface area contributed by atoms with Crippen molar-refractivity contribution in [2.75, 3.05) is 5.32 Å². The van der Waals surface area contributed by atoms with E-state index in [-0.39, 0.29) is 5.69 Å². The van der Waals surface area contributed by atoms with Crippen LogP contribution in [0.25, 0.3) is 5.57 Å². The van der Waals surface area contributed by atoms with E-state index in [1.54, 1.807) is 12.1 Å². The van der Waals surface area contributed by atoms with Crippen LogP contribution >= 0.6 is 0 Å². The summed E-state index contributed by atoms with van der Waals surface area (Å²) in [6.45, 7) is 2.01. The number of nitrogens with one attached hydrogen (secondary N) is 1. The van der Waals surface area contributed by atoms with Crippen LogP contribution in [0.4, 0.5) is 11.4 Å². The molecule has 0 heterocycles. The predicted octanol–water partition coefficient (Wildman–Crippen LogP) is 4.07. The first kappa shape index (κ1) is 12.8. The Morgan fingerprint density at radius 3 is 2.32 bits per heavy atom. The molecular formula is C15H14N2O2. The van der Waals surface area contributed by atoms with Gasteiger partial charge in [-0.3, -0.25) is 10.1 Å². The zero-order chi connectivity index (χ0) is 13.7. The van der Waals surface area contributed by atoms with Crippen LogP contribution in [-0.4, -0.2) is 4.92 Å². The average Bonchev–Trinajstić information content (AvgIpc) is 2.46. The lowest BCUT2D eigenvalue weighted by atomic mass is 10.1. The average molecular weight is 254 g/mol. The molecule has 0 saturated heterocycles. The number of nitrogens with zero attached hydrogens (tertiary/aromatic N) is 1. The van der Waals surface area contributed by atoms with Crippen LogP contribution in [0, 0.1) is 10.1 Å². The fourth-order valence-corrected chi connectivity index (χ4v) is 1.66. The molecule has 4 nitrogen and oxygen atoms in total. The summed E-state index contributed by atoms with van der Waals surface area (Å²) in [6, 6.07) is 16.3. The molecule has 0 atom stereocenters. The predicted molar refractivity (Wildman–Crippen MR) is 76.8 cm³/mol. The van der Waals surface area contributed by atoms with Gasteiger partial charge in [0.25, 0.3) is 5.69 Å². The van der Waals surface area contributed by atoms with Gasteiger partial charge in [-0.1, -0.05) is 30.3 Å². The van der Waals surface area contributed by atoms with E-state index >= 15 is 0 Å². The van der Waals surface area contributed by atoms with Gasteiger partial charge in [0.2, 0.25) is 0 Å². The van der Waals surface area contributed by atoms with Crippen LogP contribution in [0.5, 0.6) is 0 Å². The maximum atomic E-state index is 10.5. The standard InChI is InChI=1S/C15H14N2O2/c1-12(13-5-3-2-4-6-13)11-16-14-7-9-15(10-8-14)17(18)19/h2-11,16H,1H3. The Bertz CT molecular complexity index is 589. The first-order valence-electron chi connectivity index (χ1n) is 5.90. The minimum atomic E-state index is -0.408. The molecule has 0 bridgehead atoms. The molecule has 19 heavy (non-hydrogen) atoms. The lowest BCUT2D eigenvalue weighted by Crippen LogP contribution is -1.91. The van der Waals surface area contributed by atoms with Crippen LogP contribution in [0.1, 0.15) is 12.5 Å². The van der Waals surface area contributed by atoms with Crippen LogP contribution in [0.3, 0.4) is 0 Å². The van der Waals surface area contributed by atoms with Gasteiger partial charge >= 0.3 is 0 Å². The molecule has 0 aliphatic rings. The summed E-state index contributed by atoms with van der Waals surface area (Å²) >= 11 is 0. The second-order valence-corrected chi connectivity index (χ2v) is 4.14. The maximum absolute atomic E-state index is 10.5. The number of hydrogen-bond acceptors (Lipinski definition) is 3. The second kappa shape index (κ2) is 5.82. The van der Waals surface area contributed by atoms with Crippen molar-refractivity contribution in [2.24, 2.45) is 0 Å².